The average molecular weight is 212 g/mol. The van der Waals surface area contributed by atoms with E-state index in [2.05, 4.69) is 39.0 Å². The van der Waals surface area contributed by atoms with Crippen LogP contribution in [0.2, 0.25) is 0 Å². The van der Waals surface area contributed by atoms with E-state index < -0.39 is 0 Å². The first-order valence-electron chi connectivity index (χ1n) is 6.30. The van der Waals surface area contributed by atoms with E-state index in [0.29, 0.717) is 0 Å². The molecule has 0 nitrogen and oxygen atoms in total. The molecule has 16 heavy (non-hydrogen) atoms. The molecule has 0 heterocycles. The van der Waals surface area contributed by atoms with Gasteiger partial charge in [0.25, 0.3) is 0 Å². The predicted molar refractivity (Wildman–Crippen MR) is 69.1 cm³/mol. The largest absolute Gasteiger partial charge is 1.00 e. The molecule has 0 aliphatic heterocycles. The summed E-state index contributed by atoms with van der Waals surface area (Å²) in [6.07, 6.45) is 7.90. The van der Waals surface area contributed by atoms with Crippen molar-refractivity contribution in [2.75, 3.05) is 0 Å². The van der Waals surface area contributed by atoms with Crippen LogP contribution in [0.25, 0.3) is 0 Å². The first kappa shape index (κ1) is 18.2. The van der Waals surface area contributed by atoms with Gasteiger partial charge < -0.3 is 0 Å². The summed E-state index contributed by atoms with van der Waals surface area (Å²) in [7, 11) is 0. The molecule has 1 aromatic rings. The number of unbranched alkanes of at least 4 members (excludes halogenated alkanes) is 3. The molecule has 0 saturated heterocycles. The second kappa shape index (κ2) is 14.8. The summed E-state index contributed by atoms with van der Waals surface area (Å²) in [5.74, 6) is 0. The van der Waals surface area contributed by atoms with Crippen LogP contribution in [0.4, 0.5) is 0 Å². The van der Waals surface area contributed by atoms with Crippen molar-refractivity contribution in [3.05, 3.63) is 35.9 Å². The van der Waals surface area contributed by atoms with Gasteiger partial charge in [-0.05, 0) is 0 Å². The quantitative estimate of drug-likeness (QED) is 0.398. The summed E-state index contributed by atoms with van der Waals surface area (Å²) < 4.78 is 0. The van der Waals surface area contributed by atoms with E-state index in [-0.39, 0.29) is 18.9 Å². The van der Waals surface area contributed by atoms with Crippen molar-refractivity contribution >= 4 is 0 Å². The van der Waals surface area contributed by atoms with E-state index in [1.807, 2.05) is 12.1 Å². The number of benzene rings is 1. The van der Waals surface area contributed by atoms with Crippen molar-refractivity contribution in [3.8, 4) is 0 Å². The van der Waals surface area contributed by atoms with Gasteiger partial charge in [-0.3, -0.25) is 0 Å². The van der Waals surface area contributed by atoms with Gasteiger partial charge in [0.1, 0.15) is 0 Å². The van der Waals surface area contributed by atoms with Gasteiger partial charge in [-0.2, -0.15) is 35.9 Å². The molecular weight excluding hydrogens is 187 g/mol. The Labute approximate surface area is 114 Å². The van der Waals surface area contributed by atoms with Crippen LogP contribution in [-0.4, -0.2) is 0 Å². The van der Waals surface area contributed by atoms with E-state index in [0.717, 1.165) is 6.42 Å². The number of hydrogen-bond donors (Lipinski definition) is 0. The summed E-state index contributed by atoms with van der Waals surface area (Å²) in [6.45, 7) is 6.64. The number of aryl methyl sites for hydroxylation is 1. The van der Waals surface area contributed by atoms with Gasteiger partial charge in [0, 0.05) is 0 Å². The molecule has 0 aromatic heterocycles. The molecule has 0 fully saturated rings. The third kappa shape index (κ3) is 11.9. The summed E-state index contributed by atoms with van der Waals surface area (Å²) in [5.41, 5.74) is 1.32. The van der Waals surface area contributed by atoms with Crippen LogP contribution in [-0.2, 0) is 6.42 Å². The van der Waals surface area contributed by atoms with Gasteiger partial charge in [0.05, 0.1) is 0 Å². The predicted octanol–water partition coefficient (Wildman–Crippen LogP) is 2.03. The third-order valence-electron chi connectivity index (χ3n) is 2.25. The first-order valence-corrected chi connectivity index (χ1v) is 6.30. The Balaban J connectivity index is 0. The van der Waals surface area contributed by atoms with Crippen LogP contribution in [0.15, 0.2) is 24.3 Å². The van der Waals surface area contributed by atoms with E-state index in [9.17, 15) is 0 Å². The molecule has 0 N–H and O–H groups in total. The Morgan fingerprint density at radius 3 is 1.94 bits per heavy atom. The molecule has 0 atom stereocenters. The molecule has 86 valence electrons. The first-order chi connectivity index (χ1) is 7.35. The normalized spacial score (nSPS) is 8.69. The standard InChI is InChI=1S/C9H11.C6H14.Li/c1-2-6-9-7-4-3-5-8-9;1-3-5-6-4-2;/h3-5,7H,2,6H2,1H3;3-6H2,1-2H3;/q-1;;+1. The molecule has 0 aliphatic rings. The third-order valence-corrected chi connectivity index (χ3v) is 2.25. The van der Waals surface area contributed by atoms with E-state index >= 15 is 0 Å². The maximum Gasteiger partial charge on any atom is 1.00 e. The van der Waals surface area contributed by atoms with Crippen molar-refractivity contribution in [1.82, 2.24) is 0 Å². The van der Waals surface area contributed by atoms with Crippen LogP contribution >= 0.6 is 0 Å². The second-order valence-corrected chi connectivity index (χ2v) is 3.84. The molecule has 0 amide bonds. The SMILES string of the molecule is CCCCCC.CCCc1[c-]cccc1.[Li+]. The molecule has 0 saturated carbocycles. The maximum atomic E-state index is 3.17. The van der Waals surface area contributed by atoms with Crippen molar-refractivity contribution in [2.24, 2.45) is 0 Å². The Kier molecular flexibility index (Phi) is 16.8. The van der Waals surface area contributed by atoms with Crippen molar-refractivity contribution < 1.29 is 18.9 Å². The smallest absolute Gasteiger partial charge is 0.180 e. The number of hydrogen-bond acceptors (Lipinski definition) is 0. The van der Waals surface area contributed by atoms with Gasteiger partial charge in [0.2, 0.25) is 0 Å². The molecule has 0 spiro atoms. The summed E-state index contributed by atoms with van der Waals surface area (Å²) >= 11 is 0. The van der Waals surface area contributed by atoms with Crippen LogP contribution < -0.4 is 18.9 Å². The molecule has 1 aromatic carbocycles. The maximum absolute atomic E-state index is 3.17. The molecular formula is C15H25Li. The summed E-state index contributed by atoms with van der Waals surface area (Å²) in [5, 5.41) is 0. The Morgan fingerprint density at radius 1 is 0.938 bits per heavy atom. The minimum atomic E-state index is 0. The Bertz CT molecular complexity index is 202. The molecule has 1 heteroatoms. The van der Waals surface area contributed by atoms with E-state index in [4.69, 9.17) is 0 Å². The second-order valence-electron chi connectivity index (χ2n) is 3.84. The van der Waals surface area contributed by atoms with Gasteiger partial charge in [-0.1, -0.05) is 59.3 Å². The zero-order chi connectivity index (χ0) is 11.4. The molecule has 0 unspecified atom stereocenters. The molecule has 0 radical (unpaired) electrons. The zero-order valence-electron chi connectivity index (χ0n) is 11.6. The van der Waals surface area contributed by atoms with Crippen molar-refractivity contribution in [3.63, 3.8) is 0 Å². The molecule has 0 bridgehead atoms. The molecule has 0 aliphatic carbocycles. The van der Waals surface area contributed by atoms with Crippen LogP contribution in [0.5, 0.6) is 0 Å². The molecule has 1 rings (SSSR count). The average Bonchev–Trinajstić information content (AvgIpc) is 2.29. The Hall–Kier alpha value is -0.183. The number of rotatable bonds is 5. The van der Waals surface area contributed by atoms with Crippen LogP contribution in [0.1, 0.15) is 58.4 Å². The zero-order valence-corrected chi connectivity index (χ0v) is 11.6. The van der Waals surface area contributed by atoms with E-state index in [1.165, 1.54) is 37.7 Å². The van der Waals surface area contributed by atoms with Crippen molar-refractivity contribution in [1.29, 1.82) is 0 Å². The van der Waals surface area contributed by atoms with Gasteiger partial charge in [-0.25, -0.2) is 0 Å². The minimum Gasteiger partial charge on any atom is -0.180 e. The van der Waals surface area contributed by atoms with Gasteiger partial charge >= 0.3 is 18.9 Å². The fourth-order valence-electron chi connectivity index (χ4n) is 1.36. The van der Waals surface area contributed by atoms with Crippen molar-refractivity contribution in [2.45, 2.75) is 59.3 Å². The van der Waals surface area contributed by atoms with E-state index in [1.54, 1.807) is 0 Å². The summed E-state index contributed by atoms with van der Waals surface area (Å²) in [4.78, 5) is 0. The van der Waals surface area contributed by atoms with Crippen LogP contribution in [0.3, 0.4) is 0 Å². The Morgan fingerprint density at radius 2 is 1.56 bits per heavy atom. The topological polar surface area (TPSA) is 0 Å². The fourth-order valence-corrected chi connectivity index (χ4v) is 1.36. The van der Waals surface area contributed by atoms with Gasteiger partial charge in [-0.15, -0.1) is 0 Å². The summed E-state index contributed by atoms with van der Waals surface area (Å²) in [6, 6.07) is 11.3. The minimum absolute atomic E-state index is 0. The van der Waals surface area contributed by atoms with Gasteiger partial charge in [0.15, 0.2) is 0 Å². The van der Waals surface area contributed by atoms with Crippen LogP contribution in [0, 0.1) is 6.07 Å². The monoisotopic (exact) mass is 212 g/mol. The fraction of sp³-hybridized carbons (Fsp3) is 0.600.